The van der Waals surface area contributed by atoms with Gasteiger partial charge in [0.15, 0.2) is 0 Å². The van der Waals surface area contributed by atoms with Gasteiger partial charge in [0, 0.05) is 6.07 Å². The summed E-state index contributed by atoms with van der Waals surface area (Å²) in [5.41, 5.74) is 4.23. The van der Waals surface area contributed by atoms with Gasteiger partial charge in [-0.25, -0.2) is 9.97 Å². The van der Waals surface area contributed by atoms with Crippen LogP contribution >= 0.6 is 11.6 Å². The zero-order valence-electron chi connectivity index (χ0n) is 14.5. The van der Waals surface area contributed by atoms with E-state index in [0.717, 1.165) is 16.6 Å². The summed E-state index contributed by atoms with van der Waals surface area (Å²) in [6, 6.07) is 18.1. The lowest BCUT2D eigenvalue weighted by Crippen LogP contribution is -2.11. The molecule has 2 aromatic carbocycles. The van der Waals surface area contributed by atoms with Crippen LogP contribution in [0.1, 0.15) is 24.1 Å². The molecule has 2 aromatic heterocycles. The zero-order chi connectivity index (χ0) is 18.1. The third kappa shape index (κ3) is 3.26. The number of hydrogen-bond acceptors (Lipinski definition) is 4. The maximum absolute atomic E-state index is 6.25. The van der Waals surface area contributed by atoms with E-state index in [9.17, 15) is 0 Å². The molecule has 0 spiro atoms. The minimum Gasteiger partial charge on any atom is -0.348 e. The van der Waals surface area contributed by atoms with Crippen LogP contribution in [0, 0.1) is 6.92 Å². The number of anilines is 1. The van der Waals surface area contributed by atoms with Crippen molar-refractivity contribution in [3.8, 4) is 5.82 Å². The highest BCUT2D eigenvalue weighted by Crippen LogP contribution is 2.23. The SMILES string of the molecule is Cc1ccc2c(c1)ncn2-c1cc(Cl)nc(NC(C)c2ccccc2)n1. The molecule has 0 saturated heterocycles. The number of benzene rings is 2. The Labute approximate surface area is 156 Å². The average Bonchev–Trinajstić information content (AvgIpc) is 3.05. The van der Waals surface area contributed by atoms with E-state index in [1.807, 2.05) is 41.8 Å². The highest BCUT2D eigenvalue weighted by Gasteiger charge is 2.12. The summed E-state index contributed by atoms with van der Waals surface area (Å²) in [6.07, 6.45) is 1.76. The summed E-state index contributed by atoms with van der Waals surface area (Å²) in [5.74, 6) is 1.16. The molecule has 6 heteroatoms. The second kappa shape index (κ2) is 6.77. The Morgan fingerprint density at radius 3 is 2.65 bits per heavy atom. The molecule has 5 nitrogen and oxygen atoms in total. The fourth-order valence-electron chi connectivity index (χ4n) is 2.92. The van der Waals surface area contributed by atoms with Crippen molar-refractivity contribution < 1.29 is 0 Å². The maximum atomic E-state index is 6.25. The molecule has 4 aromatic rings. The van der Waals surface area contributed by atoms with Crippen LogP contribution in [0.4, 0.5) is 5.95 Å². The molecule has 0 saturated carbocycles. The number of nitrogens with one attached hydrogen (secondary N) is 1. The molecule has 0 amide bonds. The monoisotopic (exact) mass is 363 g/mol. The predicted molar refractivity (Wildman–Crippen MR) is 105 cm³/mol. The largest absolute Gasteiger partial charge is 0.348 e. The first-order valence-electron chi connectivity index (χ1n) is 8.40. The second-order valence-corrected chi connectivity index (χ2v) is 6.64. The lowest BCUT2D eigenvalue weighted by Gasteiger charge is -2.15. The normalized spacial score (nSPS) is 12.3. The lowest BCUT2D eigenvalue weighted by atomic mass is 10.1. The van der Waals surface area contributed by atoms with Crippen molar-refractivity contribution in [3.63, 3.8) is 0 Å². The van der Waals surface area contributed by atoms with E-state index in [1.54, 1.807) is 12.4 Å². The molecule has 130 valence electrons. The maximum Gasteiger partial charge on any atom is 0.226 e. The fourth-order valence-corrected chi connectivity index (χ4v) is 3.10. The lowest BCUT2D eigenvalue weighted by molar-refractivity contribution is 0.854. The van der Waals surface area contributed by atoms with Crippen LogP contribution in [0.5, 0.6) is 0 Å². The topological polar surface area (TPSA) is 55.6 Å². The molecule has 26 heavy (non-hydrogen) atoms. The number of rotatable bonds is 4. The van der Waals surface area contributed by atoms with Crippen molar-refractivity contribution in [2.45, 2.75) is 19.9 Å². The molecular weight excluding hydrogens is 346 g/mol. The van der Waals surface area contributed by atoms with E-state index < -0.39 is 0 Å². The van der Waals surface area contributed by atoms with Crippen LogP contribution in [-0.2, 0) is 0 Å². The quantitative estimate of drug-likeness (QED) is 0.521. The fraction of sp³-hybridized carbons (Fsp3) is 0.150. The first-order chi connectivity index (χ1) is 12.6. The summed E-state index contributed by atoms with van der Waals surface area (Å²) >= 11 is 6.25. The number of aryl methyl sites for hydroxylation is 1. The smallest absolute Gasteiger partial charge is 0.226 e. The van der Waals surface area contributed by atoms with Crippen LogP contribution in [-0.4, -0.2) is 19.5 Å². The highest BCUT2D eigenvalue weighted by molar-refractivity contribution is 6.29. The van der Waals surface area contributed by atoms with Crippen molar-refractivity contribution in [3.05, 3.63) is 77.2 Å². The third-order valence-corrected chi connectivity index (χ3v) is 4.47. The van der Waals surface area contributed by atoms with Crippen LogP contribution in [0.25, 0.3) is 16.9 Å². The molecule has 1 unspecified atom stereocenters. The van der Waals surface area contributed by atoms with E-state index in [0.29, 0.717) is 16.9 Å². The van der Waals surface area contributed by atoms with Crippen LogP contribution in [0.2, 0.25) is 5.15 Å². The van der Waals surface area contributed by atoms with Crippen molar-refractivity contribution in [2.75, 3.05) is 5.32 Å². The molecular formula is C20H18ClN5. The van der Waals surface area contributed by atoms with Gasteiger partial charge < -0.3 is 5.32 Å². The first kappa shape index (κ1) is 16.5. The van der Waals surface area contributed by atoms with Crippen LogP contribution < -0.4 is 5.32 Å². The summed E-state index contributed by atoms with van der Waals surface area (Å²) < 4.78 is 1.92. The molecule has 0 radical (unpaired) electrons. The third-order valence-electron chi connectivity index (χ3n) is 4.28. The summed E-state index contributed by atoms with van der Waals surface area (Å²) in [4.78, 5) is 13.4. The number of hydrogen-bond donors (Lipinski definition) is 1. The van der Waals surface area contributed by atoms with Crippen LogP contribution in [0.3, 0.4) is 0 Å². The Kier molecular flexibility index (Phi) is 4.31. The Bertz CT molecular complexity index is 1060. The van der Waals surface area contributed by atoms with E-state index in [4.69, 9.17) is 11.6 Å². The van der Waals surface area contributed by atoms with E-state index in [1.165, 1.54) is 5.56 Å². The van der Waals surface area contributed by atoms with Crippen molar-refractivity contribution in [2.24, 2.45) is 0 Å². The van der Waals surface area contributed by atoms with Gasteiger partial charge in [-0.1, -0.05) is 48.0 Å². The number of aromatic nitrogens is 4. The van der Waals surface area contributed by atoms with Crippen molar-refractivity contribution >= 4 is 28.6 Å². The van der Waals surface area contributed by atoms with E-state index in [-0.39, 0.29) is 6.04 Å². The zero-order valence-corrected chi connectivity index (χ0v) is 15.3. The molecule has 0 aliphatic heterocycles. The molecule has 1 atom stereocenters. The van der Waals surface area contributed by atoms with Gasteiger partial charge in [-0.2, -0.15) is 4.98 Å². The molecule has 0 aliphatic carbocycles. The molecule has 0 bridgehead atoms. The number of fused-ring (bicyclic) bond motifs is 1. The Hall–Kier alpha value is -2.92. The summed E-state index contributed by atoms with van der Waals surface area (Å²) in [7, 11) is 0. The van der Waals surface area contributed by atoms with Gasteiger partial charge >= 0.3 is 0 Å². The molecule has 1 N–H and O–H groups in total. The second-order valence-electron chi connectivity index (χ2n) is 6.26. The Morgan fingerprint density at radius 1 is 1.04 bits per heavy atom. The minimum atomic E-state index is 0.0599. The Morgan fingerprint density at radius 2 is 1.85 bits per heavy atom. The summed E-state index contributed by atoms with van der Waals surface area (Å²) in [5, 5.41) is 3.70. The van der Waals surface area contributed by atoms with E-state index in [2.05, 4.69) is 45.4 Å². The standard InChI is InChI=1S/C20H18ClN5/c1-13-8-9-17-16(10-13)22-12-26(17)19-11-18(21)24-20(25-19)23-14(2)15-6-4-3-5-7-15/h3-12,14H,1-2H3,(H,23,24,25). The van der Waals surface area contributed by atoms with Crippen LogP contribution in [0.15, 0.2) is 60.9 Å². The number of halogens is 1. The summed E-state index contributed by atoms with van der Waals surface area (Å²) in [6.45, 7) is 4.11. The minimum absolute atomic E-state index is 0.0599. The van der Waals surface area contributed by atoms with Crippen molar-refractivity contribution in [1.29, 1.82) is 0 Å². The average molecular weight is 364 g/mol. The van der Waals surface area contributed by atoms with Gasteiger partial charge in [0.1, 0.15) is 17.3 Å². The Balaban J connectivity index is 1.70. The molecule has 4 rings (SSSR count). The molecule has 2 heterocycles. The van der Waals surface area contributed by atoms with E-state index >= 15 is 0 Å². The first-order valence-corrected chi connectivity index (χ1v) is 8.78. The van der Waals surface area contributed by atoms with Gasteiger partial charge in [0.25, 0.3) is 0 Å². The molecule has 0 fully saturated rings. The highest BCUT2D eigenvalue weighted by atomic mass is 35.5. The molecule has 0 aliphatic rings. The van der Waals surface area contributed by atoms with Gasteiger partial charge in [-0.3, -0.25) is 4.57 Å². The predicted octanol–water partition coefficient (Wildman–Crippen LogP) is 4.95. The van der Waals surface area contributed by atoms with Crippen molar-refractivity contribution in [1.82, 2.24) is 19.5 Å². The van der Waals surface area contributed by atoms with Gasteiger partial charge in [0.2, 0.25) is 5.95 Å². The number of nitrogens with zero attached hydrogens (tertiary/aromatic N) is 4. The van der Waals surface area contributed by atoms with Gasteiger partial charge in [0.05, 0.1) is 17.1 Å². The van der Waals surface area contributed by atoms with Gasteiger partial charge in [-0.15, -0.1) is 0 Å². The number of imidazole rings is 1. The van der Waals surface area contributed by atoms with Gasteiger partial charge in [-0.05, 0) is 37.1 Å².